The van der Waals surface area contributed by atoms with Crippen LogP contribution in [-0.2, 0) is 48.4 Å². The quantitative estimate of drug-likeness (QED) is 0.146. The number of nitrogen functional groups attached to an aromatic ring is 1. The molecule has 0 unspecified atom stereocenters. The Morgan fingerprint density at radius 3 is 1.29 bits per heavy atom. The number of hydrogen-bond donors (Lipinski definition) is 1. The molecule has 0 atom stereocenters. The zero-order valence-electron chi connectivity index (χ0n) is 22.0. The van der Waals surface area contributed by atoms with E-state index in [1.54, 1.807) is 12.1 Å². The fourth-order valence-corrected chi connectivity index (χ4v) is 4.21. The molecule has 9 nitrogen and oxygen atoms in total. The van der Waals surface area contributed by atoms with Gasteiger partial charge in [-0.3, -0.25) is 0 Å². The Kier molecular flexibility index (Phi) is 23.0. The SMILES string of the molecule is CCCCCCCCCCCCc1ccc(S(=O)(=O)[O-])cc1.Nc1ccc(S(=O)(=O)[O-])cc1.[O-]CC[O-].[Ti+4]. The molecule has 0 spiro atoms. The minimum Gasteiger partial charge on any atom is -0.855 e. The van der Waals surface area contributed by atoms with Gasteiger partial charge in [-0.2, -0.15) is 13.2 Å². The van der Waals surface area contributed by atoms with Crippen LogP contribution in [-0.4, -0.2) is 39.2 Å². The van der Waals surface area contributed by atoms with Crippen LogP contribution in [0, 0.1) is 0 Å². The molecule has 0 saturated heterocycles. The predicted molar refractivity (Wildman–Crippen MR) is 139 cm³/mol. The van der Waals surface area contributed by atoms with Gasteiger partial charge in [0.15, 0.2) is 0 Å². The molecule has 0 aliphatic rings. The van der Waals surface area contributed by atoms with Crippen molar-refractivity contribution >= 4 is 25.9 Å². The molecule has 0 amide bonds. The summed E-state index contributed by atoms with van der Waals surface area (Å²) < 4.78 is 63.5. The van der Waals surface area contributed by atoms with Gasteiger partial charge in [0.05, 0.1) is 9.79 Å². The first-order valence-corrected chi connectivity index (χ1v) is 15.3. The standard InChI is InChI=1S/C18H30O3S.C6H7NO3S.C2H4O2.Ti/c1-2-3-4-5-6-7-8-9-10-11-12-17-13-15-18(16-14-17)22(19,20)21;7-5-1-3-6(4-2-5)11(8,9)10;3-1-2-4;/h13-16H,2-12H2,1H3,(H,19,20,21);1-4H,7H2,(H,8,9,10);1-2H2;/q;;-2;+4/p-2. The molecule has 0 saturated carbocycles. The second kappa shape index (κ2) is 22.5. The Morgan fingerprint density at radius 2 is 0.947 bits per heavy atom. The molecule has 0 fully saturated rings. The molecule has 2 aromatic carbocycles. The van der Waals surface area contributed by atoms with Crippen LogP contribution < -0.4 is 15.9 Å². The van der Waals surface area contributed by atoms with Gasteiger partial charge in [0.1, 0.15) is 20.2 Å². The van der Waals surface area contributed by atoms with Gasteiger partial charge in [0.25, 0.3) is 0 Å². The first-order chi connectivity index (χ1) is 17.5. The molecule has 12 heteroatoms. The Balaban J connectivity index is 0. The van der Waals surface area contributed by atoms with Gasteiger partial charge in [-0.15, -0.1) is 0 Å². The average molecular weight is 606 g/mol. The summed E-state index contributed by atoms with van der Waals surface area (Å²) in [6.45, 7) is 1.27. The third-order valence-corrected chi connectivity index (χ3v) is 6.98. The summed E-state index contributed by atoms with van der Waals surface area (Å²) >= 11 is 0. The summed E-state index contributed by atoms with van der Waals surface area (Å²) in [6, 6.07) is 11.4. The zero-order valence-corrected chi connectivity index (χ0v) is 25.2. The topological polar surface area (TPSA) is 187 Å². The summed E-state index contributed by atoms with van der Waals surface area (Å²) in [5.74, 6) is 0. The molecule has 0 aromatic heterocycles. The maximum absolute atomic E-state index is 10.8. The van der Waals surface area contributed by atoms with E-state index >= 15 is 0 Å². The molecular formula is C26H39NO8S2Ti. The van der Waals surface area contributed by atoms with Crippen LogP contribution in [0.3, 0.4) is 0 Å². The van der Waals surface area contributed by atoms with Crippen LogP contribution in [0.2, 0.25) is 0 Å². The van der Waals surface area contributed by atoms with Gasteiger partial charge in [-0.05, 0) is 54.8 Å². The number of aryl methyl sites for hydroxylation is 1. The van der Waals surface area contributed by atoms with Gasteiger partial charge >= 0.3 is 21.7 Å². The van der Waals surface area contributed by atoms with Gasteiger partial charge in [0, 0.05) is 5.69 Å². The second-order valence-electron chi connectivity index (χ2n) is 8.46. The van der Waals surface area contributed by atoms with Crippen molar-refractivity contribution in [2.75, 3.05) is 18.9 Å². The fourth-order valence-electron chi connectivity index (χ4n) is 3.27. The average Bonchev–Trinajstić information content (AvgIpc) is 2.85. The van der Waals surface area contributed by atoms with Crippen molar-refractivity contribution in [1.29, 1.82) is 0 Å². The Hall–Kier alpha value is -1.31. The molecular weight excluding hydrogens is 566 g/mol. The van der Waals surface area contributed by atoms with E-state index in [0.29, 0.717) is 5.69 Å². The van der Waals surface area contributed by atoms with Crippen molar-refractivity contribution in [3.8, 4) is 0 Å². The van der Waals surface area contributed by atoms with E-state index in [-0.39, 0.29) is 31.5 Å². The largest absolute Gasteiger partial charge is 4.00 e. The molecule has 0 aliphatic carbocycles. The molecule has 0 radical (unpaired) electrons. The number of benzene rings is 2. The van der Waals surface area contributed by atoms with Crippen molar-refractivity contribution in [2.24, 2.45) is 0 Å². The van der Waals surface area contributed by atoms with Gasteiger partial charge < -0.3 is 25.1 Å². The Bertz CT molecular complexity index is 1040. The summed E-state index contributed by atoms with van der Waals surface area (Å²) in [5.41, 5.74) is 6.80. The first kappa shape index (κ1) is 38.8. The van der Waals surface area contributed by atoms with E-state index in [4.69, 9.17) is 15.9 Å². The van der Waals surface area contributed by atoms with Crippen molar-refractivity contribution in [3.05, 3.63) is 54.1 Å². The van der Waals surface area contributed by atoms with E-state index in [9.17, 15) is 25.9 Å². The number of nitrogens with two attached hydrogens (primary N) is 1. The Morgan fingerprint density at radius 1 is 0.605 bits per heavy atom. The smallest absolute Gasteiger partial charge is 0.855 e. The molecule has 2 N–H and O–H groups in total. The second-order valence-corrected chi connectivity index (χ2v) is 11.2. The molecule has 0 aliphatic heterocycles. The van der Waals surface area contributed by atoms with Gasteiger partial charge in [-0.1, -0.05) is 76.8 Å². The van der Waals surface area contributed by atoms with Crippen molar-refractivity contribution < 1.29 is 57.9 Å². The van der Waals surface area contributed by atoms with Gasteiger partial charge in [0.2, 0.25) is 0 Å². The molecule has 38 heavy (non-hydrogen) atoms. The molecule has 0 heterocycles. The van der Waals surface area contributed by atoms with E-state index in [1.165, 1.54) is 94.2 Å². The maximum atomic E-state index is 10.8. The number of unbranched alkanes of at least 4 members (excludes halogenated alkanes) is 9. The van der Waals surface area contributed by atoms with Gasteiger partial charge in [-0.25, -0.2) is 16.8 Å². The zero-order chi connectivity index (χ0) is 28.2. The fraction of sp³-hybridized carbons (Fsp3) is 0.538. The van der Waals surface area contributed by atoms with Crippen LogP contribution in [0.4, 0.5) is 5.69 Å². The first-order valence-electron chi connectivity index (χ1n) is 12.5. The summed E-state index contributed by atoms with van der Waals surface area (Å²) in [5, 5.41) is 18.0. The minimum absolute atomic E-state index is 0. The molecule has 212 valence electrons. The molecule has 2 rings (SSSR count). The summed E-state index contributed by atoms with van der Waals surface area (Å²) in [7, 11) is -8.64. The van der Waals surface area contributed by atoms with Crippen molar-refractivity contribution in [1.82, 2.24) is 0 Å². The van der Waals surface area contributed by atoms with E-state index < -0.39 is 33.5 Å². The maximum Gasteiger partial charge on any atom is 4.00 e. The van der Waals surface area contributed by atoms with Crippen LogP contribution in [0.25, 0.3) is 0 Å². The third kappa shape index (κ3) is 20.6. The van der Waals surface area contributed by atoms with Crippen molar-refractivity contribution in [2.45, 2.75) is 87.3 Å². The van der Waals surface area contributed by atoms with E-state index in [2.05, 4.69) is 6.92 Å². The molecule has 2 aromatic rings. The monoisotopic (exact) mass is 605 g/mol. The minimum atomic E-state index is -4.33. The molecule has 0 bridgehead atoms. The number of hydrogen-bond acceptors (Lipinski definition) is 9. The van der Waals surface area contributed by atoms with Crippen LogP contribution >= 0.6 is 0 Å². The van der Waals surface area contributed by atoms with E-state index in [0.717, 1.165) is 18.4 Å². The van der Waals surface area contributed by atoms with Crippen LogP contribution in [0.1, 0.15) is 76.7 Å². The van der Waals surface area contributed by atoms with E-state index in [1.807, 2.05) is 0 Å². The van der Waals surface area contributed by atoms with Crippen molar-refractivity contribution in [3.63, 3.8) is 0 Å². The van der Waals surface area contributed by atoms with Crippen LogP contribution in [0.5, 0.6) is 0 Å². The summed E-state index contributed by atoms with van der Waals surface area (Å²) in [4.78, 5) is -0.397. The summed E-state index contributed by atoms with van der Waals surface area (Å²) in [6.07, 6.45) is 14.0. The van der Waals surface area contributed by atoms with Crippen LogP contribution in [0.15, 0.2) is 58.3 Å². The predicted octanol–water partition coefficient (Wildman–Crippen LogP) is 2.93. The normalized spacial score (nSPS) is 10.9. The number of rotatable bonds is 14. The number of anilines is 1. The Labute approximate surface area is 243 Å². The third-order valence-electron chi connectivity index (χ3n) is 5.28.